The van der Waals surface area contributed by atoms with Gasteiger partial charge in [0.1, 0.15) is 5.60 Å². The van der Waals surface area contributed by atoms with E-state index in [4.69, 9.17) is 25.9 Å². The Balaban J connectivity index is 1.57. The van der Waals surface area contributed by atoms with E-state index in [9.17, 15) is 4.79 Å². The number of hydrogen-bond donors (Lipinski definition) is 0. The maximum absolute atomic E-state index is 12.4. The van der Waals surface area contributed by atoms with Gasteiger partial charge in [0.2, 0.25) is 0 Å². The molecule has 0 bridgehead atoms. The second-order valence-corrected chi connectivity index (χ2v) is 11.0. The number of fused-ring (bicyclic) bond motifs is 1. The van der Waals surface area contributed by atoms with Crippen molar-refractivity contribution >= 4 is 28.5 Å². The van der Waals surface area contributed by atoms with Gasteiger partial charge in [-0.05, 0) is 73.2 Å². The van der Waals surface area contributed by atoms with E-state index in [0.717, 1.165) is 18.4 Å². The number of carbonyl (C=O) groups excluding carboxylic acids is 1. The SMILES string of the molecule is CCCC1CN(OC(=O)OC(C)(C)C)CC(OCc2ccc3ccccc3c2)C1c1ccc(Cl)cc1. The van der Waals surface area contributed by atoms with Crippen molar-refractivity contribution in [3.05, 3.63) is 82.9 Å². The van der Waals surface area contributed by atoms with Crippen LogP contribution in [0.3, 0.4) is 0 Å². The Kier molecular flexibility index (Phi) is 8.55. The number of halogens is 1. The van der Waals surface area contributed by atoms with Crippen LogP contribution >= 0.6 is 11.6 Å². The van der Waals surface area contributed by atoms with Crippen LogP contribution < -0.4 is 0 Å². The Morgan fingerprint density at radius 1 is 1.00 bits per heavy atom. The van der Waals surface area contributed by atoms with E-state index in [0.29, 0.717) is 24.7 Å². The summed E-state index contributed by atoms with van der Waals surface area (Å²) in [5.74, 6) is 0.398. The molecule has 0 N–H and O–H groups in total. The minimum atomic E-state index is -0.684. The Bertz CT molecular complexity index is 1160. The molecule has 0 aliphatic carbocycles. The van der Waals surface area contributed by atoms with Crippen molar-refractivity contribution in [1.82, 2.24) is 5.06 Å². The zero-order chi connectivity index (χ0) is 25.7. The molecular formula is C30H36ClNO4. The van der Waals surface area contributed by atoms with Crippen LogP contribution in [0.4, 0.5) is 4.79 Å². The van der Waals surface area contributed by atoms with Gasteiger partial charge < -0.3 is 14.3 Å². The summed E-state index contributed by atoms with van der Waals surface area (Å²) in [5.41, 5.74) is 1.69. The number of hydrogen-bond acceptors (Lipinski definition) is 5. The predicted molar refractivity (Wildman–Crippen MR) is 144 cm³/mol. The molecule has 36 heavy (non-hydrogen) atoms. The van der Waals surface area contributed by atoms with Gasteiger partial charge >= 0.3 is 6.16 Å². The Hall–Kier alpha value is -2.60. The molecule has 0 amide bonds. The molecule has 0 saturated carbocycles. The number of rotatable bonds is 7. The van der Waals surface area contributed by atoms with E-state index in [-0.39, 0.29) is 17.9 Å². The van der Waals surface area contributed by atoms with Crippen LogP contribution in [0.25, 0.3) is 10.8 Å². The molecule has 5 nitrogen and oxygen atoms in total. The Labute approximate surface area is 219 Å². The van der Waals surface area contributed by atoms with Crippen LogP contribution in [0.2, 0.25) is 5.02 Å². The summed E-state index contributed by atoms with van der Waals surface area (Å²) in [7, 11) is 0. The van der Waals surface area contributed by atoms with Crippen LogP contribution in [0.5, 0.6) is 0 Å². The third kappa shape index (κ3) is 7.00. The third-order valence-electron chi connectivity index (χ3n) is 6.52. The monoisotopic (exact) mass is 509 g/mol. The average molecular weight is 510 g/mol. The molecule has 0 spiro atoms. The number of piperidine rings is 1. The largest absolute Gasteiger partial charge is 0.528 e. The molecule has 1 aliphatic rings. The molecule has 6 heteroatoms. The topological polar surface area (TPSA) is 48.0 Å². The summed E-state index contributed by atoms with van der Waals surface area (Å²) < 4.78 is 12.0. The zero-order valence-corrected chi connectivity index (χ0v) is 22.3. The molecule has 1 fully saturated rings. The van der Waals surface area contributed by atoms with Crippen molar-refractivity contribution in [2.75, 3.05) is 13.1 Å². The summed E-state index contributed by atoms with van der Waals surface area (Å²) in [6, 6.07) is 22.8. The van der Waals surface area contributed by atoms with Gasteiger partial charge in [0.15, 0.2) is 0 Å². The van der Waals surface area contributed by atoms with Gasteiger partial charge in [-0.25, -0.2) is 4.79 Å². The first-order chi connectivity index (χ1) is 17.2. The highest BCUT2D eigenvalue weighted by Crippen LogP contribution is 2.38. The van der Waals surface area contributed by atoms with Crippen LogP contribution in [0, 0.1) is 5.92 Å². The number of benzene rings is 3. The van der Waals surface area contributed by atoms with Crippen LogP contribution in [0.1, 0.15) is 57.6 Å². The van der Waals surface area contributed by atoms with Crippen LogP contribution in [-0.2, 0) is 20.9 Å². The van der Waals surface area contributed by atoms with Crippen LogP contribution in [-0.4, -0.2) is 36.0 Å². The molecule has 4 rings (SSSR count). The molecule has 3 atom stereocenters. The number of hydroxylamine groups is 2. The fourth-order valence-electron chi connectivity index (χ4n) is 5.02. The van der Waals surface area contributed by atoms with E-state index in [1.807, 2.05) is 45.0 Å². The van der Waals surface area contributed by atoms with E-state index < -0.39 is 11.8 Å². The van der Waals surface area contributed by atoms with Crippen molar-refractivity contribution in [3.63, 3.8) is 0 Å². The number of ether oxygens (including phenoxy) is 2. The molecule has 3 unspecified atom stereocenters. The smallest absolute Gasteiger partial charge is 0.427 e. The normalized spacial score (nSPS) is 20.9. The molecule has 3 aromatic carbocycles. The van der Waals surface area contributed by atoms with Crippen molar-refractivity contribution < 1.29 is 19.1 Å². The lowest BCUT2D eigenvalue weighted by molar-refractivity contribution is -0.191. The number of carbonyl (C=O) groups is 1. The fourth-order valence-corrected chi connectivity index (χ4v) is 5.14. The zero-order valence-electron chi connectivity index (χ0n) is 21.6. The maximum Gasteiger partial charge on any atom is 0.528 e. The minimum absolute atomic E-state index is 0.154. The lowest BCUT2D eigenvalue weighted by atomic mass is 9.77. The van der Waals surface area contributed by atoms with Crippen molar-refractivity contribution in [3.8, 4) is 0 Å². The van der Waals surface area contributed by atoms with Gasteiger partial charge in [0.25, 0.3) is 0 Å². The van der Waals surface area contributed by atoms with E-state index >= 15 is 0 Å². The molecule has 192 valence electrons. The molecule has 1 aliphatic heterocycles. The molecule has 0 radical (unpaired) electrons. The summed E-state index contributed by atoms with van der Waals surface area (Å²) in [4.78, 5) is 18.1. The molecule has 1 heterocycles. The van der Waals surface area contributed by atoms with Crippen LogP contribution in [0.15, 0.2) is 66.7 Å². The van der Waals surface area contributed by atoms with E-state index in [1.54, 1.807) is 5.06 Å². The fraction of sp³-hybridized carbons (Fsp3) is 0.433. The highest BCUT2D eigenvalue weighted by Gasteiger charge is 2.40. The van der Waals surface area contributed by atoms with Gasteiger partial charge in [0, 0.05) is 17.5 Å². The predicted octanol–water partition coefficient (Wildman–Crippen LogP) is 7.76. The molecule has 0 aromatic heterocycles. The quantitative estimate of drug-likeness (QED) is 0.304. The van der Waals surface area contributed by atoms with Crippen molar-refractivity contribution in [2.24, 2.45) is 5.92 Å². The summed E-state index contributed by atoms with van der Waals surface area (Å²) in [5, 5.41) is 4.82. The Morgan fingerprint density at radius 3 is 2.42 bits per heavy atom. The average Bonchev–Trinajstić information content (AvgIpc) is 2.82. The summed E-state index contributed by atoms with van der Waals surface area (Å²) in [6.45, 7) is 9.22. The van der Waals surface area contributed by atoms with Gasteiger partial charge in [-0.3, -0.25) is 0 Å². The molecular weight excluding hydrogens is 474 g/mol. The van der Waals surface area contributed by atoms with E-state index in [1.165, 1.54) is 16.3 Å². The molecule has 1 saturated heterocycles. The highest BCUT2D eigenvalue weighted by molar-refractivity contribution is 6.30. The summed E-state index contributed by atoms with van der Waals surface area (Å²) in [6.07, 6.45) is 1.14. The lowest BCUT2D eigenvalue weighted by Crippen LogP contribution is -2.50. The summed E-state index contributed by atoms with van der Waals surface area (Å²) >= 11 is 6.20. The van der Waals surface area contributed by atoms with Gasteiger partial charge in [0.05, 0.1) is 19.3 Å². The third-order valence-corrected chi connectivity index (χ3v) is 6.77. The highest BCUT2D eigenvalue weighted by atomic mass is 35.5. The maximum atomic E-state index is 12.4. The Morgan fingerprint density at radius 2 is 1.72 bits per heavy atom. The second kappa shape index (κ2) is 11.6. The minimum Gasteiger partial charge on any atom is -0.427 e. The second-order valence-electron chi connectivity index (χ2n) is 10.6. The number of nitrogens with zero attached hydrogens (tertiary/aromatic N) is 1. The first-order valence-electron chi connectivity index (χ1n) is 12.7. The molecule has 3 aromatic rings. The first kappa shape index (κ1) is 26.5. The first-order valence-corrected chi connectivity index (χ1v) is 13.1. The lowest BCUT2D eigenvalue weighted by Gasteiger charge is -2.43. The van der Waals surface area contributed by atoms with E-state index in [2.05, 4.69) is 49.4 Å². The van der Waals surface area contributed by atoms with Gasteiger partial charge in [-0.2, -0.15) is 0 Å². The van der Waals surface area contributed by atoms with Crippen molar-refractivity contribution in [2.45, 2.75) is 64.8 Å². The standard InChI is InChI=1S/C30H36ClNO4/c1-5-8-25-18-32(36-29(33)35-30(2,3)4)19-27(28(25)23-13-15-26(31)16-14-23)34-20-21-11-12-22-9-6-7-10-24(22)17-21/h6-7,9-17,25,27-28H,5,8,18-20H2,1-4H3. The van der Waals surface area contributed by atoms with Gasteiger partial charge in [-0.15, -0.1) is 5.06 Å². The van der Waals surface area contributed by atoms with Crippen molar-refractivity contribution in [1.29, 1.82) is 0 Å². The van der Waals surface area contributed by atoms with Gasteiger partial charge in [-0.1, -0.05) is 73.5 Å².